The number of hydrogen-bond donors (Lipinski definition) is 1. The highest BCUT2D eigenvalue weighted by Crippen LogP contribution is 2.25. The molecule has 0 saturated carbocycles. The van der Waals surface area contributed by atoms with Gasteiger partial charge in [0.15, 0.2) is 6.61 Å². The molecule has 144 valence electrons. The smallest absolute Gasteiger partial charge is 0.348 e. The van der Waals surface area contributed by atoms with Gasteiger partial charge in [-0.1, -0.05) is 35.9 Å². The second kappa shape index (κ2) is 8.67. The number of amides is 2. The average Bonchev–Trinajstić information content (AvgIpc) is 3.12. The van der Waals surface area contributed by atoms with Crippen LogP contribution in [0.15, 0.2) is 54.6 Å². The van der Waals surface area contributed by atoms with Crippen LogP contribution in [0.2, 0.25) is 0 Å². The first-order valence-corrected chi connectivity index (χ1v) is 9.50. The van der Waals surface area contributed by atoms with Crippen LogP contribution in [0.1, 0.15) is 15.2 Å². The van der Waals surface area contributed by atoms with E-state index in [1.165, 1.54) is 23.3 Å². The number of carbonyl (C=O) groups is 3. The van der Waals surface area contributed by atoms with Gasteiger partial charge >= 0.3 is 5.97 Å². The maximum absolute atomic E-state index is 12.2. The lowest BCUT2D eigenvalue weighted by atomic mass is 10.2. The van der Waals surface area contributed by atoms with Gasteiger partial charge in [-0.3, -0.25) is 9.59 Å². The predicted octanol–water partition coefficient (Wildman–Crippen LogP) is 3.46. The maximum atomic E-state index is 12.2. The molecule has 0 radical (unpaired) electrons. The molecule has 0 fully saturated rings. The lowest BCUT2D eigenvalue weighted by Gasteiger charge is -2.16. The van der Waals surface area contributed by atoms with Crippen molar-refractivity contribution in [2.24, 2.45) is 0 Å². The number of rotatable bonds is 6. The Morgan fingerprint density at radius 1 is 1.07 bits per heavy atom. The van der Waals surface area contributed by atoms with E-state index in [2.05, 4.69) is 5.32 Å². The number of fused-ring (bicyclic) bond motifs is 1. The molecule has 0 aliphatic rings. The molecule has 0 aliphatic heterocycles. The number of carbonyl (C=O) groups excluding carboxylic acids is 3. The van der Waals surface area contributed by atoms with Gasteiger partial charge in [-0.2, -0.15) is 0 Å². The Hall–Kier alpha value is -3.19. The van der Waals surface area contributed by atoms with Crippen molar-refractivity contribution in [1.29, 1.82) is 0 Å². The van der Waals surface area contributed by atoms with Crippen molar-refractivity contribution in [3.63, 3.8) is 0 Å². The summed E-state index contributed by atoms with van der Waals surface area (Å²) < 4.78 is 6.08. The number of anilines is 1. The zero-order valence-electron chi connectivity index (χ0n) is 15.6. The molecule has 7 heteroatoms. The first-order valence-electron chi connectivity index (χ1n) is 8.68. The molecule has 0 atom stereocenters. The largest absolute Gasteiger partial charge is 0.451 e. The molecule has 2 aromatic carbocycles. The summed E-state index contributed by atoms with van der Waals surface area (Å²) in [5, 5.41) is 3.68. The van der Waals surface area contributed by atoms with E-state index in [-0.39, 0.29) is 12.5 Å². The Morgan fingerprint density at radius 2 is 1.79 bits per heavy atom. The number of ether oxygens (including phenoxy) is 1. The Labute approximate surface area is 166 Å². The highest BCUT2D eigenvalue weighted by atomic mass is 32.1. The highest BCUT2D eigenvalue weighted by Gasteiger charge is 2.17. The SMILES string of the molecule is Cc1ccc(NC(=O)CN(C)C(=O)COC(=O)c2cc3ccccc3s2)cc1. The third-order valence-corrected chi connectivity index (χ3v) is 5.19. The molecule has 2 amide bonds. The molecular formula is C21H20N2O4S. The molecule has 3 aromatic rings. The van der Waals surface area contributed by atoms with E-state index in [1.54, 1.807) is 18.2 Å². The molecule has 0 unspecified atom stereocenters. The molecule has 28 heavy (non-hydrogen) atoms. The molecule has 1 aromatic heterocycles. The summed E-state index contributed by atoms with van der Waals surface area (Å²) in [5.74, 6) is -1.32. The van der Waals surface area contributed by atoms with E-state index in [0.29, 0.717) is 10.6 Å². The predicted molar refractivity (Wildman–Crippen MR) is 110 cm³/mol. The third kappa shape index (κ3) is 4.95. The molecule has 0 bridgehead atoms. The Balaban J connectivity index is 1.48. The Bertz CT molecular complexity index is 978. The van der Waals surface area contributed by atoms with Crippen LogP contribution in [-0.4, -0.2) is 42.9 Å². The zero-order chi connectivity index (χ0) is 20.1. The van der Waals surface area contributed by atoms with E-state index in [9.17, 15) is 14.4 Å². The highest BCUT2D eigenvalue weighted by molar-refractivity contribution is 7.20. The standard InChI is InChI=1S/C21H20N2O4S/c1-14-7-9-16(10-8-14)22-19(24)12-23(2)20(25)13-27-21(26)18-11-15-5-3-4-6-17(15)28-18/h3-11H,12-13H2,1-2H3,(H,22,24). The van der Waals surface area contributed by atoms with Gasteiger partial charge in [0, 0.05) is 17.4 Å². The van der Waals surface area contributed by atoms with Crippen LogP contribution in [0.3, 0.4) is 0 Å². The number of nitrogens with one attached hydrogen (secondary N) is 1. The fraction of sp³-hybridized carbons (Fsp3) is 0.190. The van der Waals surface area contributed by atoms with E-state index < -0.39 is 18.5 Å². The first-order chi connectivity index (χ1) is 13.4. The summed E-state index contributed by atoms with van der Waals surface area (Å²) >= 11 is 1.31. The summed E-state index contributed by atoms with van der Waals surface area (Å²) in [4.78, 5) is 38.0. The second-order valence-electron chi connectivity index (χ2n) is 6.39. The van der Waals surface area contributed by atoms with E-state index >= 15 is 0 Å². The average molecular weight is 396 g/mol. The molecule has 0 saturated heterocycles. The van der Waals surface area contributed by atoms with Crippen molar-refractivity contribution in [3.8, 4) is 0 Å². The van der Waals surface area contributed by atoms with Crippen molar-refractivity contribution in [2.75, 3.05) is 25.5 Å². The maximum Gasteiger partial charge on any atom is 0.348 e. The summed E-state index contributed by atoms with van der Waals surface area (Å²) in [6, 6.07) is 16.7. The van der Waals surface area contributed by atoms with Crippen molar-refractivity contribution < 1.29 is 19.1 Å². The van der Waals surface area contributed by atoms with Gasteiger partial charge in [0.25, 0.3) is 5.91 Å². The van der Waals surface area contributed by atoms with Crippen molar-refractivity contribution in [3.05, 3.63) is 65.0 Å². The van der Waals surface area contributed by atoms with Crippen molar-refractivity contribution >= 4 is 44.9 Å². The molecule has 0 aliphatic carbocycles. The summed E-state index contributed by atoms with van der Waals surface area (Å²) in [6.07, 6.45) is 0. The monoisotopic (exact) mass is 396 g/mol. The van der Waals surface area contributed by atoms with E-state index in [4.69, 9.17) is 4.74 Å². The molecule has 6 nitrogen and oxygen atoms in total. The first kappa shape index (κ1) is 19.6. The van der Waals surface area contributed by atoms with Crippen LogP contribution < -0.4 is 5.32 Å². The van der Waals surface area contributed by atoms with Gasteiger partial charge in [-0.25, -0.2) is 4.79 Å². The van der Waals surface area contributed by atoms with Crippen molar-refractivity contribution in [2.45, 2.75) is 6.92 Å². The lowest BCUT2D eigenvalue weighted by Crippen LogP contribution is -2.37. The minimum Gasteiger partial charge on any atom is -0.451 e. The van der Waals surface area contributed by atoms with Crippen LogP contribution in [-0.2, 0) is 14.3 Å². The number of likely N-dealkylation sites (N-methyl/N-ethyl adjacent to an activating group) is 1. The zero-order valence-corrected chi connectivity index (χ0v) is 16.4. The number of benzene rings is 2. The number of hydrogen-bond acceptors (Lipinski definition) is 5. The second-order valence-corrected chi connectivity index (χ2v) is 7.47. The molecule has 0 spiro atoms. The number of nitrogens with zero attached hydrogens (tertiary/aromatic N) is 1. The minimum atomic E-state index is -0.549. The Morgan fingerprint density at radius 3 is 2.50 bits per heavy atom. The Kier molecular flexibility index (Phi) is 6.06. The van der Waals surface area contributed by atoms with E-state index in [0.717, 1.165) is 15.6 Å². The normalized spacial score (nSPS) is 10.5. The fourth-order valence-corrected chi connectivity index (χ4v) is 3.49. The van der Waals surface area contributed by atoms with E-state index in [1.807, 2.05) is 43.3 Å². The van der Waals surface area contributed by atoms with Gasteiger partial charge in [-0.05, 0) is 36.6 Å². The van der Waals surface area contributed by atoms with Gasteiger partial charge in [-0.15, -0.1) is 11.3 Å². The summed E-state index contributed by atoms with van der Waals surface area (Å²) in [7, 11) is 1.49. The van der Waals surface area contributed by atoms with Gasteiger partial charge in [0.1, 0.15) is 4.88 Å². The minimum absolute atomic E-state index is 0.132. The molecule has 3 rings (SSSR count). The fourth-order valence-electron chi connectivity index (χ4n) is 2.53. The topological polar surface area (TPSA) is 75.7 Å². The number of aryl methyl sites for hydroxylation is 1. The van der Waals surface area contributed by atoms with Gasteiger partial charge in [0.2, 0.25) is 5.91 Å². The van der Waals surface area contributed by atoms with Gasteiger partial charge < -0.3 is 15.0 Å². The van der Waals surface area contributed by atoms with Crippen LogP contribution in [0.4, 0.5) is 5.69 Å². The lowest BCUT2D eigenvalue weighted by molar-refractivity contribution is -0.136. The van der Waals surface area contributed by atoms with Crippen LogP contribution >= 0.6 is 11.3 Å². The number of esters is 1. The molecular weight excluding hydrogens is 376 g/mol. The van der Waals surface area contributed by atoms with Crippen LogP contribution in [0.25, 0.3) is 10.1 Å². The van der Waals surface area contributed by atoms with Gasteiger partial charge in [0.05, 0.1) is 6.54 Å². The summed E-state index contributed by atoms with van der Waals surface area (Å²) in [5.41, 5.74) is 1.75. The third-order valence-electron chi connectivity index (χ3n) is 4.10. The molecule has 1 heterocycles. The quantitative estimate of drug-likeness (QED) is 0.648. The summed E-state index contributed by atoms with van der Waals surface area (Å²) in [6.45, 7) is 1.41. The van der Waals surface area contributed by atoms with Crippen LogP contribution in [0.5, 0.6) is 0 Å². The molecule has 1 N–H and O–H groups in total. The van der Waals surface area contributed by atoms with Crippen molar-refractivity contribution in [1.82, 2.24) is 4.90 Å². The van der Waals surface area contributed by atoms with Crippen LogP contribution in [0, 0.1) is 6.92 Å². The number of thiophene rings is 1.